The van der Waals surface area contributed by atoms with Gasteiger partial charge in [0, 0.05) is 19.5 Å². The van der Waals surface area contributed by atoms with Crippen LogP contribution in [0.3, 0.4) is 0 Å². The minimum Gasteiger partial charge on any atom is -0.344 e. The summed E-state index contributed by atoms with van der Waals surface area (Å²) in [6.45, 7) is 8.05. The predicted octanol–water partition coefficient (Wildman–Crippen LogP) is 1.33. The molecule has 1 saturated heterocycles. The molecular weight excluding hydrogens is 322 g/mol. The van der Waals surface area contributed by atoms with Crippen molar-refractivity contribution >= 4 is 17.7 Å². The van der Waals surface area contributed by atoms with Crippen LogP contribution in [0, 0.1) is 12.3 Å². The van der Waals surface area contributed by atoms with Gasteiger partial charge in [-0.15, -0.1) is 23.2 Å². The first kappa shape index (κ1) is 18.6. The molecule has 0 unspecified atom stereocenters. The minimum atomic E-state index is -0.0963. The molecule has 0 saturated carbocycles. The third kappa shape index (κ3) is 5.69. The molecule has 6 nitrogen and oxygen atoms in total. The zero-order valence-corrected chi connectivity index (χ0v) is 14.9. The van der Waals surface area contributed by atoms with Gasteiger partial charge in [-0.3, -0.25) is 4.79 Å². The number of hydrogen-bond donors (Lipinski definition) is 1. The second-order valence-corrected chi connectivity index (χ2v) is 6.66. The van der Waals surface area contributed by atoms with Gasteiger partial charge >= 0.3 is 0 Å². The molecule has 1 aliphatic rings. The lowest BCUT2D eigenvalue weighted by Crippen LogP contribution is -2.32. The average molecular weight is 347 g/mol. The van der Waals surface area contributed by atoms with E-state index in [-0.39, 0.29) is 18.2 Å². The summed E-state index contributed by atoms with van der Waals surface area (Å²) in [5.74, 6) is 3.52. The zero-order valence-electron chi connectivity index (χ0n) is 14.0. The molecule has 1 aromatic heterocycles. The Hall–Kier alpha value is -1.78. The molecule has 1 aromatic rings. The van der Waals surface area contributed by atoms with Gasteiger partial charge in [-0.2, -0.15) is 0 Å². The van der Waals surface area contributed by atoms with Gasteiger partial charge in [0.05, 0.1) is 12.3 Å². The highest BCUT2D eigenvalue weighted by atomic mass is 32.2. The summed E-state index contributed by atoms with van der Waals surface area (Å²) >= 11 is 1.38. The van der Waals surface area contributed by atoms with Crippen LogP contribution in [-0.2, 0) is 17.8 Å². The van der Waals surface area contributed by atoms with Crippen molar-refractivity contribution in [2.45, 2.75) is 37.4 Å². The van der Waals surface area contributed by atoms with Crippen LogP contribution in [0.2, 0.25) is 0 Å². The first-order valence-corrected chi connectivity index (χ1v) is 9.31. The molecule has 0 radical (unpaired) electrons. The van der Waals surface area contributed by atoms with Crippen molar-refractivity contribution in [3.8, 4) is 12.3 Å². The quantitative estimate of drug-likeness (QED) is 0.415. The van der Waals surface area contributed by atoms with Crippen molar-refractivity contribution in [2.75, 3.05) is 31.9 Å². The maximum atomic E-state index is 11.7. The predicted molar refractivity (Wildman–Crippen MR) is 96.8 cm³/mol. The summed E-state index contributed by atoms with van der Waals surface area (Å²) in [5, 5.41) is 12.0. The molecule has 0 bridgehead atoms. The summed E-state index contributed by atoms with van der Waals surface area (Å²) in [6, 6.07) is 0. The number of allylic oxidation sites excluding steroid dienone is 1. The Bertz CT molecular complexity index is 586. The molecule has 1 aliphatic heterocycles. The molecule has 24 heavy (non-hydrogen) atoms. The molecular formula is C17H25N5OS. The number of hydrogen-bond acceptors (Lipinski definition) is 5. The van der Waals surface area contributed by atoms with Crippen molar-refractivity contribution in [1.82, 2.24) is 25.0 Å². The number of amides is 1. The number of rotatable bonds is 9. The van der Waals surface area contributed by atoms with Gasteiger partial charge in [0.1, 0.15) is 5.82 Å². The maximum Gasteiger partial charge on any atom is 0.231 e. The number of carbonyl (C=O) groups is 1. The minimum absolute atomic E-state index is 0.0963. The Morgan fingerprint density at radius 3 is 2.88 bits per heavy atom. The van der Waals surface area contributed by atoms with Gasteiger partial charge in [-0.05, 0) is 25.9 Å². The number of likely N-dealkylation sites (tertiary alicyclic amines) is 1. The Morgan fingerprint density at radius 1 is 1.38 bits per heavy atom. The van der Waals surface area contributed by atoms with Crippen molar-refractivity contribution in [3.05, 3.63) is 18.5 Å². The monoisotopic (exact) mass is 347 g/mol. The number of nitrogens with zero attached hydrogens (tertiary/aromatic N) is 4. The van der Waals surface area contributed by atoms with E-state index in [1.807, 2.05) is 10.6 Å². The maximum absolute atomic E-state index is 11.7. The van der Waals surface area contributed by atoms with Gasteiger partial charge in [-0.1, -0.05) is 30.2 Å². The number of thioether (sulfide) groups is 1. The number of nitrogens with one attached hydrogen (secondary N) is 1. The van der Waals surface area contributed by atoms with E-state index in [9.17, 15) is 4.79 Å². The summed E-state index contributed by atoms with van der Waals surface area (Å²) in [7, 11) is 0. The number of terminal acetylenes is 1. The topological polar surface area (TPSA) is 63.1 Å². The van der Waals surface area contributed by atoms with Crippen molar-refractivity contribution in [1.29, 1.82) is 0 Å². The Balaban J connectivity index is 1.91. The molecule has 1 fully saturated rings. The molecule has 0 spiro atoms. The van der Waals surface area contributed by atoms with E-state index in [4.69, 9.17) is 6.42 Å². The van der Waals surface area contributed by atoms with Gasteiger partial charge in [0.25, 0.3) is 0 Å². The molecule has 1 N–H and O–H groups in total. The van der Waals surface area contributed by atoms with Gasteiger partial charge < -0.3 is 14.8 Å². The molecule has 1 amide bonds. The summed E-state index contributed by atoms with van der Waals surface area (Å²) in [6.07, 6.45) is 11.7. The lowest BCUT2D eigenvalue weighted by molar-refractivity contribution is -0.118. The summed E-state index contributed by atoms with van der Waals surface area (Å²) in [5.41, 5.74) is 0. The van der Waals surface area contributed by atoms with Crippen LogP contribution >= 0.6 is 11.8 Å². The second kappa shape index (κ2) is 10.2. The highest BCUT2D eigenvalue weighted by molar-refractivity contribution is 7.99. The van der Waals surface area contributed by atoms with E-state index in [0.717, 1.165) is 23.9 Å². The SMILES string of the molecule is C#CCNC(=O)CSc1nnc(CCN2CCCCC2)n1CC=C. The zero-order chi connectivity index (χ0) is 17.2. The van der Waals surface area contributed by atoms with Crippen molar-refractivity contribution in [3.63, 3.8) is 0 Å². The van der Waals surface area contributed by atoms with Crippen LogP contribution in [-0.4, -0.2) is 57.5 Å². The normalized spacial score (nSPS) is 15.0. The van der Waals surface area contributed by atoms with E-state index in [1.165, 1.54) is 44.1 Å². The molecule has 130 valence electrons. The highest BCUT2D eigenvalue weighted by Crippen LogP contribution is 2.18. The number of aromatic nitrogens is 3. The first-order valence-electron chi connectivity index (χ1n) is 8.33. The lowest BCUT2D eigenvalue weighted by Gasteiger charge is -2.26. The Kier molecular flexibility index (Phi) is 7.86. The molecule has 0 atom stereocenters. The number of carbonyl (C=O) groups excluding carboxylic acids is 1. The largest absolute Gasteiger partial charge is 0.344 e. The van der Waals surface area contributed by atoms with Gasteiger partial charge in [0.15, 0.2) is 5.16 Å². The summed E-state index contributed by atoms with van der Waals surface area (Å²) < 4.78 is 2.04. The van der Waals surface area contributed by atoms with Crippen LogP contribution in [0.4, 0.5) is 0 Å². The van der Waals surface area contributed by atoms with E-state index >= 15 is 0 Å². The van der Waals surface area contributed by atoms with Crippen LogP contribution in [0.25, 0.3) is 0 Å². The fourth-order valence-corrected chi connectivity index (χ4v) is 3.49. The number of piperidine rings is 1. The Morgan fingerprint density at radius 2 is 2.17 bits per heavy atom. The van der Waals surface area contributed by atoms with E-state index in [0.29, 0.717) is 6.54 Å². The average Bonchev–Trinajstić information content (AvgIpc) is 2.99. The van der Waals surface area contributed by atoms with Crippen LogP contribution in [0.15, 0.2) is 17.8 Å². The van der Waals surface area contributed by atoms with Crippen LogP contribution < -0.4 is 5.32 Å². The van der Waals surface area contributed by atoms with Crippen LogP contribution in [0.5, 0.6) is 0 Å². The second-order valence-electron chi connectivity index (χ2n) is 5.72. The fourth-order valence-electron chi connectivity index (χ4n) is 2.70. The Labute approximate surface area is 148 Å². The van der Waals surface area contributed by atoms with Gasteiger partial charge in [-0.25, -0.2) is 0 Å². The van der Waals surface area contributed by atoms with Crippen molar-refractivity contribution < 1.29 is 4.79 Å². The third-order valence-corrected chi connectivity index (χ3v) is 4.89. The molecule has 7 heteroatoms. The molecule has 0 aliphatic carbocycles. The van der Waals surface area contributed by atoms with Gasteiger partial charge in [0.2, 0.25) is 5.91 Å². The smallest absolute Gasteiger partial charge is 0.231 e. The third-order valence-electron chi connectivity index (χ3n) is 3.93. The van der Waals surface area contributed by atoms with E-state index in [1.54, 1.807) is 0 Å². The lowest BCUT2D eigenvalue weighted by atomic mass is 10.1. The van der Waals surface area contributed by atoms with Crippen LogP contribution in [0.1, 0.15) is 25.1 Å². The molecule has 0 aromatic carbocycles. The molecule has 2 heterocycles. The summed E-state index contributed by atoms with van der Waals surface area (Å²) in [4.78, 5) is 14.2. The van der Waals surface area contributed by atoms with E-state index in [2.05, 4.69) is 32.9 Å². The standard InChI is InChI=1S/C17H25N5OS/c1-3-9-18-16(23)14-24-17-20-19-15(22(17)10-4-2)8-13-21-11-6-5-7-12-21/h1,4H,2,5-14H2,(H,18,23). The molecule has 2 rings (SSSR count). The highest BCUT2D eigenvalue weighted by Gasteiger charge is 2.15. The van der Waals surface area contributed by atoms with E-state index < -0.39 is 0 Å². The fraction of sp³-hybridized carbons (Fsp3) is 0.588. The first-order chi connectivity index (χ1) is 11.7. The van der Waals surface area contributed by atoms with Crippen molar-refractivity contribution in [2.24, 2.45) is 0 Å².